The molecule has 1 rings (SSSR count). The number of aliphatic hydroxyl groups excluding tert-OH is 1. The summed E-state index contributed by atoms with van der Waals surface area (Å²) in [6.45, 7) is 3.76. The monoisotopic (exact) mass is 180 g/mol. The number of thioether (sulfide) groups is 1. The molecule has 0 saturated carbocycles. The molecule has 1 aromatic rings. The van der Waals surface area contributed by atoms with Crippen LogP contribution in [0.2, 0.25) is 0 Å². The van der Waals surface area contributed by atoms with Crippen molar-refractivity contribution in [3.63, 3.8) is 0 Å². The first kappa shape index (κ1) is 9.36. The number of hydrogen-bond donors (Lipinski definition) is 1. The summed E-state index contributed by atoms with van der Waals surface area (Å²) in [4.78, 5) is 0.779. The summed E-state index contributed by atoms with van der Waals surface area (Å²) in [5, 5.41) is 9.67. The molecule has 0 fully saturated rings. The average Bonchev–Trinajstić information content (AvgIpc) is 2.17. The van der Waals surface area contributed by atoms with Gasteiger partial charge < -0.3 is 5.11 Å². The van der Waals surface area contributed by atoms with Gasteiger partial charge in [-0.2, -0.15) is 0 Å². The zero-order valence-corrected chi connectivity index (χ0v) is 7.84. The van der Waals surface area contributed by atoms with Crippen LogP contribution >= 0.6 is 11.8 Å². The van der Waals surface area contributed by atoms with Crippen LogP contribution in [0.3, 0.4) is 0 Å². The van der Waals surface area contributed by atoms with E-state index < -0.39 is 6.10 Å². The van der Waals surface area contributed by atoms with Crippen LogP contribution in [0.25, 0.3) is 0 Å². The van der Waals surface area contributed by atoms with Crippen molar-refractivity contribution in [3.8, 4) is 0 Å². The van der Waals surface area contributed by atoms with Gasteiger partial charge in [0.15, 0.2) is 0 Å². The van der Waals surface area contributed by atoms with Crippen LogP contribution < -0.4 is 0 Å². The Kier molecular flexibility index (Phi) is 3.38. The highest BCUT2D eigenvalue weighted by Crippen LogP contribution is 2.26. The first-order chi connectivity index (χ1) is 5.75. The number of benzene rings is 1. The van der Waals surface area contributed by atoms with E-state index in [2.05, 4.69) is 6.58 Å². The highest BCUT2D eigenvalue weighted by atomic mass is 32.2. The third-order valence-corrected chi connectivity index (χ3v) is 2.43. The number of hydrogen-bond acceptors (Lipinski definition) is 2. The summed E-state index contributed by atoms with van der Waals surface area (Å²) in [7, 11) is 0. The maximum absolute atomic E-state index is 9.67. The van der Waals surface area contributed by atoms with E-state index in [0.717, 1.165) is 10.5 Å². The molecule has 0 aliphatic rings. The van der Waals surface area contributed by atoms with E-state index in [4.69, 9.17) is 0 Å². The molecule has 0 aromatic heterocycles. The molecule has 0 radical (unpaired) electrons. The molecule has 1 unspecified atom stereocenters. The highest BCUT2D eigenvalue weighted by Gasteiger charge is 2.08. The molecule has 0 aliphatic carbocycles. The normalized spacial score (nSPS) is 12.5. The topological polar surface area (TPSA) is 20.2 Å². The van der Waals surface area contributed by atoms with Crippen molar-refractivity contribution in [1.29, 1.82) is 0 Å². The van der Waals surface area contributed by atoms with Gasteiger partial charge in [-0.05, 0) is 11.8 Å². The molecular formula is C10H12OS. The van der Waals surface area contributed by atoms with Crippen molar-refractivity contribution in [1.82, 2.24) is 0 Å². The Balaban J connectivity index is 2.78. The van der Waals surface area contributed by atoms with Crippen LogP contribution in [0.4, 0.5) is 0 Å². The van der Waals surface area contributed by atoms with Crippen LogP contribution in [0.5, 0.6) is 0 Å². The van der Waals surface area contributed by atoms with Crippen molar-refractivity contribution in [2.45, 2.75) is 6.10 Å². The molecular weight excluding hydrogens is 168 g/mol. The van der Waals surface area contributed by atoms with Crippen molar-refractivity contribution in [2.75, 3.05) is 6.26 Å². The minimum absolute atomic E-state index is 0.541. The second-order valence-corrected chi connectivity index (χ2v) is 3.42. The molecule has 0 heterocycles. The average molecular weight is 180 g/mol. The zero-order valence-electron chi connectivity index (χ0n) is 7.03. The predicted octanol–water partition coefficient (Wildman–Crippen LogP) is 2.60. The molecule has 64 valence electrons. The smallest absolute Gasteiger partial charge is 0.109 e. The van der Waals surface area contributed by atoms with Crippen LogP contribution in [0.1, 0.15) is 11.7 Å². The lowest BCUT2D eigenvalue weighted by Crippen LogP contribution is -1.96. The van der Waals surface area contributed by atoms with E-state index in [1.165, 1.54) is 11.8 Å². The fourth-order valence-corrected chi connectivity index (χ4v) is 1.29. The minimum Gasteiger partial charge on any atom is -0.383 e. The zero-order chi connectivity index (χ0) is 8.97. The lowest BCUT2D eigenvalue weighted by Gasteiger charge is -2.11. The predicted molar refractivity (Wildman–Crippen MR) is 54.1 cm³/mol. The van der Waals surface area contributed by atoms with Crippen molar-refractivity contribution in [3.05, 3.63) is 47.4 Å². The molecule has 2 heteroatoms. The fourth-order valence-electron chi connectivity index (χ4n) is 0.933. The molecule has 1 N–H and O–H groups in total. The lowest BCUT2D eigenvalue weighted by molar-refractivity contribution is 0.225. The van der Waals surface area contributed by atoms with Crippen molar-refractivity contribution < 1.29 is 5.11 Å². The number of rotatable bonds is 3. The molecule has 0 spiro atoms. The summed E-state index contributed by atoms with van der Waals surface area (Å²) >= 11 is 1.48. The van der Waals surface area contributed by atoms with Gasteiger partial charge in [0.2, 0.25) is 0 Å². The van der Waals surface area contributed by atoms with Gasteiger partial charge in [0.1, 0.15) is 6.10 Å². The van der Waals surface area contributed by atoms with Crippen molar-refractivity contribution in [2.24, 2.45) is 0 Å². The number of aliphatic hydroxyl groups is 1. The van der Waals surface area contributed by atoms with Crippen LogP contribution in [0.15, 0.2) is 41.8 Å². The quantitative estimate of drug-likeness (QED) is 0.771. The maximum atomic E-state index is 9.67. The standard InChI is InChI=1S/C10H12OS/c1-8(12-2)10(11)9-6-4-3-5-7-9/h3-7,10-11H,1H2,2H3. The van der Waals surface area contributed by atoms with Crippen molar-refractivity contribution >= 4 is 11.8 Å². The Bertz CT molecular complexity index is 256. The second kappa shape index (κ2) is 4.33. The van der Waals surface area contributed by atoms with E-state index >= 15 is 0 Å². The van der Waals surface area contributed by atoms with E-state index in [9.17, 15) is 5.11 Å². The summed E-state index contributed by atoms with van der Waals surface area (Å²) in [5.41, 5.74) is 0.900. The molecule has 0 aliphatic heterocycles. The maximum Gasteiger partial charge on any atom is 0.109 e. The minimum atomic E-state index is -0.541. The van der Waals surface area contributed by atoms with E-state index in [0.29, 0.717) is 0 Å². The van der Waals surface area contributed by atoms with Gasteiger partial charge >= 0.3 is 0 Å². The van der Waals surface area contributed by atoms with Gasteiger partial charge in [-0.15, -0.1) is 11.8 Å². The summed E-state index contributed by atoms with van der Waals surface area (Å²) < 4.78 is 0. The third-order valence-electron chi connectivity index (χ3n) is 1.68. The fraction of sp³-hybridized carbons (Fsp3) is 0.200. The molecule has 0 saturated heterocycles. The Hall–Kier alpha value is -0.730. The molecule has 0 amide bonds. The summed E-state index contributed by atoms with van der Waals surface area (Å²) in [5.74, 6) is 0. The van der Waals surface area contributed by atoms with Gasteiger partial charge in [0, 0.05) is 4.91 Å². The van der Waals surface area contributed by atoms with Gasteiger partial charge in [-0.1, -0.05) is 36.9 Å². The van der Waals surface area contributed by atoms with E-state index in [1.54, 1.807) is 0 Å². The second-order valence-electron chi connectivity index (χ2n) is 2.48. The Morgan fingerprint density at radius 2 is 2.00 bits per heavy atom. The Labute approximate surface area is 77.1 Å². The Morgan fingerprint density at radius 3 is 2.50 bits per heavy atom. The summed E-state index contributed by atoms with van der Waals surface area (Å²) in [6.07, 6.45) is 1.37. The first-order valence-electron chi connectivity index (χ1n) is 3.71. The van der Waals surface area contributed by atoms with Gasteiger partial charge in [-0.25, -0.2) is 0 Å². The summed E-state index contributed by atoms with van der Waals surface area (Å²) in [6, 6.07) is 9.54. The molecule has 12 heavy (non-hydrogen) atoms. The SMILES string of the molecule is C=C(SC)C(O)c1ccccc1. The van der Waals surface area contributed by atoms with Crippen LogP contribution in [-0.2, 0) is 0 Å². The largest absolute Gasteiger partial charge is 0.383 e. The molecule has 1 aromatic carbocycles. The third kappa shape index (κ3) is 2.13. The van der Waals surface area contributed by atoms with Gasteiger partial charge in [0.25, 0.3) is 0 Å². The van der Waals surface area contributed by atoms with Crippen LogP contribution in [-0.4, -0.2) is 11.4 Å². The van der Waals surface area contributed by atoms with E-state index in [1.807, 2.05) is 36.6 Å². The molecule has 0 bridgehead atoms. The molecule has 1 atom stereocenters. The first-order valence-corrected chi connectivity index (χ1v) is 4.94. The Morgan fingerprint density at radius 1 is 1.42 bits per heavy atom. The van der Waals surface area contributed by atoms with Gasteiger partial charge in [0.05, 0.1) is 0 Å². The lowest BCUT2D eigenvalue weighted by atomic mass is 10.1. The van der Waals surface area contributed by atoms with Crippen LogP contribution in [0, 0.1) is 0 Å². The van der Waals surface area contributed by atoms with Gasteiger partial charge in [-0.3, -0.25) is 0 Å². The van der Waals surface area contributed by atoms with E-state index in [-0.39, 0.29) is 0 Å². The highest BCUT2D eigenvalue weighted by molar-refractivity contribution is 8.02. The molecule has 1 nitrogen and oxygen atoms in total.